The second-order valence-corrected chi connectivity index (χ2v) is 7.02. The van der Waals surface area contributed by atoms with Crippen molar-refractivity contribution in [3.05, 3.63) is 47.7 Å². The Labute approximate surface area is 157 Å². The summed E-state index contributed by atoms with van der Waals surface area (Å²) in [5.41, 5.74) is 2.66. The molecule has 0 aliphatic carbocycles. The fourth-order valence-corrected chi connectivity index (χ4v) is 3.32. The second kappa shape index (κ2) is 7.05. The van der Waals surface area contributed by atoms with Crippen LogP contribution in [0.5, 0.6) is 0 Å². The number of aliphatic hydroxyl groups is 1. The Morgan fingerprint density at radius 3 is 2.65 bits per heavy atom. The maximum Gasteiger partial charge on any atom is 0.165 e. The van der Waals surface area contributed by atoms with Crippen molar-refractivity contribution >= 4 is 17.4 Å². The van der Waals surface area contributed by atoms with E-state index in [1.807, 2.05) is 43.6 Å². The highest BCUT2D eigenvalue weighted by molar-refractivity contribution is 6.30. The smallest absolute Gasteiger partial charge is 0.165 e. The van der Waals surface area contributed by atoms with Gasteiger partial charge in [0, 0.05) is 43.0 Å². The van der Waals surface area contributed by atoms with Gasteiger partial charge in [-0.05, 0) is 25.0 Å². The molecule has 0 radical (unpaired) electrons. The topological polar surface area (TPSA) is 67.1 Å². The number of halogens is 1. The zero-order valence-corrected chi connectivity index (χ0v) is 15.3. The zero-order valence-electron chi connectivity index (χ0n) is 14.5. The molecule has 0 bridgehead atoms. The number of aliphatic hydroxyl groups excluding tert-OH is 1. The lowest BCUT2D eigenvalue weighted by Crippen LogP contribution is -2.38. The third-order valence-electron chi connectivity index (χ3n) is 4.54. The van der Waals surface area contributed by atoms with Crippen molar-refractivity contribution in [2.24, 2.45) is 7.05 Å². The Hall–Kier alpha value is -2.44. The summed E-state index contributed by atoms with van der Waals surface area (Å²) in [6, 6.07) is 9.58. The fraction of sp³-hybridized carbons (Fsp3) is 0.316. The van der Waals surface area contributed by atoms with Gasteiger partial charge in [0.15, 0.2) is 5.82 Å². The van der Waals surface area contributed by atoms with Gasteiger partial charge in [-0.15, -0.1) is 0 Å². The Bertz CT molecular complexity index is 909. The lowest BCUT2D eigenvalue weighted by Gasteiger charge is -2.31. The molecule has 0 amide bonds. The highest BCUT2D eigenvalue weighted by Crippen LogP contribution is 2.28. The molecule has 1 aliphatic rings. The molecule has 1 N–H and O–H groups in total. The summed E-state index contributed by atoms with van der Waals surface area (Å²) >= 11 is 6.02. The number of benzene rings is 1. The van der Waals surface area contributed by atoms with Gasteiger partial charge in [0.25, 0.3) is 0 Å². The van der Waals surface area contributed by atoms with E-state index in [1.165, 1.54) is 0 Å². The molecule has 1 aromatic carbocycles. The minimum atomic E-state index is -0.320. The summed E-state index contributed by atoms with van der Waals surface area (Å²) in [7, 11) is 1.87. The van der Waals surface area contributed by atoms with E-state index >= 15 is 0 Å². The molecule has 0 saturated carbocycles. The molecule has 1 unspecified atom stereocenters. The second-order valence-electron chi connectivity index (χ2n) is 6.59. The van der Waals surface area contributed by atoms with Crippen LogP contribution in [-0.2, 0) is 7.05 Å². The molecule has 1 atom stereocenters. The third kappa shape index (κ3) is 3.57. The molecule has 134 valence electrons. The van der Waals surface area contributed by atoms with Crippen LogP contribution in [0.1, 0.15) is 12.8 Å². The summed E-state index contributed by atoms with van der Waals surface area (Å²) in [4.78, 5) is 11.6. The summed E-state index contributed by atoms with van der Waals surface area (Å²) in [6.07, 6.45) is 5.12. The van der Waals surface area contributed by atoms with Crippen LogP contribution in [0.25, 0.3) is 22.6 Å². The number of aromatic nitrogens is 4. The van der Waals surface area contributed by atoms with Gasteiger partial charge in [0.05, 0.1) is 23.6 Å². The van der Waals surface area contributed by atoms with Crippen LogP contribution < -0.4 is 4.90 Å². The van der Waals surface area contributed by atoms with E-state index in [9.17, 15) is 5.11 Å². The fourth-order valence-electron chi connectivity index (χ4n) is 3.19. The molecule has 26 heavy (non-hydrogen) atoms. The molecule has 3 aromatic rings. The van der Waals surface area contributed by atoms with Crippen molar-refractivity contribution in [2.45, 2.75) is 18.9 Å². The molecule has 4 rings (SSSR count). The highest BCUT2D eigenvalue weighted by Gasteiger charge is 2.21. The number of β-amino-alcohol motifs (C(OH)–C–C–N with tert-alkyl or cyclic N) is 1. The van der Waals surface area contributed by atoms with Crippen molar-refractivity contribution in [3.63, 3.8) is 0 Å². The molecule has 6 nitrogen and oxygen atoms in total. The minimum absolute atomic E-state index is 0.320. The minimum Gasteiger partial charge on any atom is -0.391 e. The lowest BCUT2D eigenvalue weighted by atomic mass is 10.1. The number of piperidine rings is 1. The maximum absolute atomic E-state index is 10.0. The van der Waals surface area contributed by atoms with Gasteiger partial charge in [0.2, 0.25) is 0 Å². The molecule has 7 heteroatoms. The van der Waals surface area contributed by atoms with Gasteiger partial charge in [0.1, 0.15) is 5.82 Å². The first-order chi connectivity index (χ1) is 12.6. The van der Waals surface area contributed by atoms with Gasteiger partial charge < -0.3 is 10.0 Å². The maximum atomic E-state index is 10.0. The van der Waals surface area contributed by atoms with E-state index in [2.05, 4.69) is 10.00 Å². The molecule has 3 heterocycles. The van der Waals surface area contributed by atoms with E-state index in [0.29, 0.717) is 17.4 Å². The van der Waals surface area contributed by atoms with Gasteiger partial charge >= 0.3 is 0 Å². The van der Waals surface area contributed by atoms with E-state index in [4.69, 9.17) is 21.6 Å². The number of nitrogens with zero attached hydrogens (tertiary/aromatic N) is 5. The van der Waals surface area contributed by atoms with Crippen LogP contribution in [0.4, 0.5) is 5.82 Å². The first-order valence-electron chi connectivity index (χ1n) is 8.65. The molecular formula is C19H20ClN5O. The number of hydrogen-bond donors (Lipinski definition) is 1. The van der Waals surface area contributed by atoms with E-state index in [1.54, 1.807) is 10.9 Å². The molecule has 1 saturated heterocycles. The van der Waals surface area contributed by atoms with Crippen molar-refractivity contribution in [1.82, 2.24) is 19.7 Å². The van der Waals surface area contributed by atoms with Crippen molar-refractivity contribution < 1.29 is 5.11 Å². The first-order valence-corrected chi connectivity index (χ1v) is 9.03. The van der Waals surface area contributed by atoms with Crippen LogP contribution in [0, 0.1) is 0 Å². The van der Waals surface area contributed by atoms with E-state index in [0.717, 1.165) is 42.0 Å². The number of hydrogen-bond acceptors (Lipinski definition) is 5. The highest BCUT2D eigenvalue weighted by atomic mass is 35.5. The van der Waals surface area contributed by atoms with Crippen molar-refractivity contribution in [1.29, 1.82) is 0 Å². The monoisotopic (exact) mass is 369 g/mol. The predicted octanol–water partition coefficient (Wildman–Crippen LogP) is 3.16. The molecule has 0 spiro atoms. The van der Waals surface area contributed by atoms with Crippen LogP contribution in [-0.4, -0.2) is 44.0 Å². The summed E-state index contributed by atoms with van der Waals surface area (Å²) in [5, 5.41) is 15.0. The van der Waals surface area contributed by atoms with Crippen LogP contribution in [0.15, 0.2) is 42.7 Å². The van der Waals surface area contributed by atoms with Gasteiger partial charge in [-0.2, -0.15) is 5.10 Å². The number of aryl methyl sites for hydroxylation is 1. The summed E-state index contributed by atoms with van der Waals surface area (Å²) in [6.45, 7) is 1.46. The Balaban J connectivity index is 1.80. The average molecular weight is 370 g/mol. The molecule has 1 fully saturated rings. The van der Waals surface area contributed by atoms with Crippen LogP contribution in [0.2, 0.25) is 5.02 Å². The van der Waals surface area contributed by atoms with Crippen molar-refractivity contribution in [3.8, 4) is 22.6 Å². The Morgan fingerprint density at radius 1 is 1.15 bits per heavy atom. The van der Waals surface area contributed by atoms with Gasteiger partial charge in [-0.25, -0.2) is 9.97 Å². The van der Waals surface area contributed by atoms with Gasteiger partial charge in [-0.3, -0.25) is 4.68 Å². The Kier molecular flexibility index (Phi) is 4.61. The molecule has 1 aliphatic heterocycles. The van der Waals surface area contributed by atoms with Crippen molar-refractivity contribution in [2.75, 3.05) is 18.0 Å². The molecular weight excluding hydrogens is 350 g/mol. The summed E-state index contributed by atoms with van der Waals surface area (Å²) < 4.78 is 1.73. The standard InChI is InChI=1S/C19H20ClN5O/c1-24-11-14(10-21-24)19-22-17(13-4-6-15(20)7-5-13)9-18(23-19)25-8-2-3-16(26)12-25/h4-7,9-11,16,26H,2-3,8,12H2,1H3. The Morgan fingerprint density at radius 2 is 1.96 bits per heavy atom. The molecule has 2 aromatic heterocycles. The van der Waals surface area contributed by atoms with Crippen LogP contribution >= 0.6 is 11.6 Å². The zero-order chi connectivity index (χ0) is 18.1. The predicted molar refractivity (Wildman–Crippen MR) is 102 cm³/mol. The number of anilines is 1. The van der Waals surface area contributed by atoms with E-state index < -0.39 is 0 Å². The van der Waals surface area contributed by atoms with Gasteiger partial charge in [-0.1, -0.05) is 23.7 Å². The summed E-state index contributed by atoms with van der Waals surface area (Å²) in [5.74, 6) is 1.45. The lowest BCUT2D eigenvalue weighted by molar-refractivity contribution is 0.154. The largest absolute Gasteiger partial charge is 0.391 e. The number of rotatable bonds is 3. The van der Waals surface area contributed by atoms with E-state index in [-0.39, 0.29) is 6.10 Å². The first kappa shape index (κ1) is 17.0. The normalized spacial score (nSPS) is 17.5. The quantitative estimate of drug-likeness (QED) is 0.768. The SMILES string of the molecule is Cn1cc(-c2nc(-c3ccc(Cl)cc3)cc(N3CCCC(O)C3)n2)cn1. The van der Waals surface area contributed by atoms with Crippen LogP contribution in [0.3, 0.4) is 0 Å². The average Bonchev–Trinajstić information content (AvgIpc) is 3.08. The third-order valence-corrected chi connectivity index (χ3v) is 4.79.